The Bertz CT molecular complexity index is 243. The highest BCUT2D eigenvalue weighted by Crippen LogP contribution is 2.26. The van der Waals surface area contributed by atoms with Gasteiger partial charge in [0.25, 0.3) is 0 Å². The molecule has 0 aromatic carbocycles. The van der Waals surface area contributed by atoms with Crippen molar-refractivity contribution in [2.24, 2.45) is 0 Å². The summed E-state index contributed by atoms with van der Waals surface area (Å²) in [5.41, 5.74) is 0.977. The number of anilines is 1. The second-order valence-electron chi connectivity index (χ2n) is 2.54. The van der Waals surface area contributed by atoms with Crippen LogP contribution in [0.5, 0.6) is 5.88 Å². The molecule has 0 aliphatic carbocycles. The van der Waals surface area contributed by atoms with E-state index in [1.165, 1.54) is 0 Å². The highest BCUT2D eigenvalue weighted by atomic mass is 16.5. The summed E-state index contributed by atoms with van der Waals surface area (Å²) in [4.78, 5) is 0. The summed E-state index contributed by atoms with van der Waals surface area (Å²) in [5.74, 6) is 0.874. The number of ether oxygens (including phenoxy) is 1. The molecule has 0 atom stereocenters. The summed E-state index contributed by atoms with van der Waals surface area (Å²) in [6.07, 6.45) is 2.85. The maximum Gasteiger partial charge on any atom is 0.235 e. The molecule has 0 unspecified atom stereocenters. The highest BCUT2D eigenvalue weighted by Gasteiger charge is 2.14. The molecule has 0 radical (unpaired) electrons. The van der Waals surface area contributed by atoms with Crippen LogP contribution in [0.15, 0.2) is 6.20 Å². The van der Waals surface area contributed by atoms with Crippen molar-refractivity contribution in [1.29, 1.82) is 0 Å². The van der Waals surface area contributed by atoms with E-state index >= 15 is 0 Å². The number of fused-ring (bicyclic) bond motifs is 1. The van der Waals surface area contributed by atoms with Gasteiger partial charge in [0.15, 0.2) is 0 Å². The standard InChI is InChI=1S/C7H11N3O/c1-8-6-5-9-10-3-2-4-11-7(6)10/h5,8H,2-4H2,1H3. The number of aromatic nitrogens is 2. The van der Waals surface area contributed by atoms with Crippen LogP contribution >= 0.6 is 0 Å². The van der Waals surface area contributed by atoms with Crippen LogP contribution in [0.3, 0.4) is 0 Å². The van der Waals surface area contributed by atoms with E-state index in [2.05, 4.69) is 10.4 Å². The van der Waals surface area contributed by atoms with Crippen LogP contribution in [0.25, 0.3) is 0 Å². The molecule has 1 aromatic heterocycles. The number of nitrogens with zero attached hydrogens (tertiary/aromatic N) is 2. The molecule has 0 saturated carbocycles. The van der Waals surface area contributed by atoms with Gasteiger partial charge in [-0.1, -0.05) is 0 Å². The first-order chi connectivity index (χ1) is 5.42. The maximum atomic E-state index is 5.42. The third-order valence-corrected chi connectivity index (χ3v) is 1.81. The summed E-state index contributed by atoms with van der Waals surface area (Å²) in [6.45, 7) is 1.78. The molecule has 1 aliphatic rings. The van der Waals surface area contributed by atoms with Crippen molar-refractivity contribution in [3.8, 4) is 5.88 Å². The lowest BCUT2D eigenvalue weighted by Crippen LogP contribution is -2.15. The summed E-state index contributed by atoms with van der Waals surface area (Å²) in [6, 6.07) is 0. The van der Waals surface area contributed by atoms with Gasteiger partial charge >= 0.3 is 0 Å². The summed E-state index contributed by atoms with van der Waals surface area (Å²) in [5, 5.41) is 7.18. The summed E-state index contributed by atoms with van der Waals surface area (Å²) in [7, 11) is 1.87. The Balaban J connectivity index is 2.38. The Kier molecular flexibility index (Phi) is 1.45. The van der Waals surface area contributed by atoms with E-state index in [-0.39, 0.29) is 0 Å². The fourth-order valence-corrected chi connectivity index (χ4v) is 1.24. The van der Waals surface area contributed by atoms with Crippen molar-refractivity contribution >= 4 is 5.69 Å². The summed E-state index contributed by atoms with van der Waals surface area (Å²) >= 11 is 0. The average Bonchev–Trinajstić information content (AvgIpc) is 2.47. The SMILES string of the molecule is CNc1cnn2c1OCCC2. The largest absolute Gasteiger partial charge is 0.476 e. The van der Waals surface area contributed by atoms with E-state index in [1.54, 1.807) is 6.20 Å². The minimum atomic E-state index is 0.806. The van der Waals surface area contributed by atoms with Crippen LogP contribution in [0.1, 0.15) is 6.42 Å². The second kappa shape index (κ2) is 2.45. The molecule has 0 amide bonds. The number of hydrogen-bond donors (Lipinski definition) is 1. The van der Waals surface area contributed by atoms with Gasteiger partial charge in [0, 0.05) is 20.0 Å². The van der Waals surface area contributed by atoms with Gasteiger partial charge in [-0.15, -0.1) is 0 Å². The van der Waals surface area contributed by atoms with E-state index in [0.29, 0.717) is 0 Å². The first kappa shape index (κ1) is 6.52. The molecule has 4 nitrogen and oxygen atoms in total. The van der Waals surface area contributed by atoms with Crippen molar-refractivity contribution in [3.63, 3.8) is 0 Å². The molecular formula is C7H11N3O. The van der Waals surface area contributed by atoms with Crippen molar-refractivity contribution in [3.05, 3.63) is 6.20 Å². The lowest BCUT2D eigenvalue weighted by atomic mass is 10.4. The van der Waals surface area contributed by atoms with Crippen LogP contribution < -0.4 is 10.1 Å². The third-order valence-electron chi connectivity index (χ3n) is 1.81. The Labute approximate surface area is 65.2 Å². The smallest absolute Gasteiger partial charge is 0.235 e. The molecule has 1 N–H and O–H groups in total. The maximum absolute atomic E-state index is 5.42. The second-order valence-corrected chi connectivity index (χ2v) is 2.54. The molecule has 0 spiro atoms. The fraction of sp³-hybridized carbons (Fsp3) is 0.571. The van der Waals surface area contributed by atoms with Crippen LogP contribution in [0, 0.1) is 0 Å². The lowest BCUT2D eigenvalue weighted by Gasteiger charge is -2.15. The van der Waals surface area contributed by atoms with Gasteiger partial charge in [-0.3, -0.25) is 0 Å². The quantitative estimate of drug-likeness (QED) is 0.645. The summed E-state index contributed by atoms with van der Waals surface area (Å²) < 4.78 is 7.31. The molecule has 0 saturated heterocycles. The molecule has 4 heteroatoms. The van der Waals surface area contributed by atoms with Gasteiger partial charge in [-0.2, -0.15) is 5.10 Å². The molecule has 1 aromatic rings. The molecule has 60 valence electrons. The van der Waals surface area contributed by atoms with Crippen LogP contribution in [0.2, 0.25) is 0 Å². The number of hydrogen-bond acceptors (Lipinski definition) is 3. The van der Waals surface area contributed by atoms with E-state index in [0.717, 1.165) is 31.1 Å². The van der Waals surface area contributed by atoms with Crippen molar-refractivity contribution in [2.75, 3.05) is 19.0 Å². The van der Waals surface area contributed by atoms with Crippen molar-refractivity contribution in [1.82, 2.24) is 9.78 Å². The highest BCUT2D eigenvalue weighted by molar-refractivity contribution is 5.51. The van der Waals surface area contributed by atoms with Gasteiger partial charge in [0.1, 0.15) is 5.69 Å². The lowest BCUT2D eigenvalue weighted by molar-refractivity contribution is 0.232. The Morgan fingerprint density at radius 2 is 2.64 bits per heavy atom. The molecule has 0 bridgehead atoms. The monoisotopic (exact) mass is 153 g/mol. The minimum absolute atomic E-state index is 0.806. The van der Waals surface area contributed by atoms with E-state index in [1.807, 2.05) is 11.7 Å². The molecule has 2 heterocycles. The third kappa shape index (κ3) is 0.943. The minimum Gasteiger partial charge on any atom is -0.476 e. The Hall–Kier alpha value is -1.19. The predicted molar refractivity (Wildman–Crippen MR) is 41.9 cm³/mol. The number of nitrogens with one attached hydrogen (secondary N) is 1. The van der Waals surface area contributed by atoms with Crippen LogP contribution in [0.4, 0.5) is 5.69 Å². The van der Waals surface area contributed by atoms with Gasteiger partial charge in [0.2, 0.25) is 5.88 Å². The topological polar surface area (TPSA) is 39.1 Å². The van der Waals surface area contributed by atoms with E-state index in [4.69, 9.17) is 4.74 Å². The van der Waals surface area contributed by atoms with Gasteiger partial charge < -0.3 is 10.1 Å². The molecule has 1 aliphatic heterocycles. The fourth-order valence-electron chi connectivity index (χ4n) is 1.24. The normalized spacial score (nSPS) is 15.4. The van der Waals surface area contributed by atoms with Gasteiger partial charge in [0.05, 0.1) is 12.8 Å². The van der Waals surface area contributed by atoms with Crippen molar-refractivity contribution < 1.29 is 4.74 Å². The number of rotatable bonds is 1. The predicted octanol–water partition coefficient (Wildman–Crippen LogP) is 0.707. The molecule has 11 heavy (non-hydrogen) atoms. The average molecular weight is 153 g/mol. The number of aryl methyl sites for hydroxylation is 1. The molecular weight excluding hydrogens is 142 g/mol. The molecule has 0 fully saturated rings. The molecule has 2 rings (SSSR count). The van der Waals surface area contributed by atoms with Gasteiger partial charge in [-0.05, 0) is 0 Å². The van der Waals surface area contributed by atoms with E-state index in [9.17, 15) is 0 Å². The first-order valence-electron chi connectivity index (χ1n) is 3.78. The Morgan fingerprint density at radius 1 is 1.73 bits per heavy atom. The zero-order chi connectivity index (χ0) is 7.68. The zero-order valence-corrected chi connectivity index (χ0v) is 6.50. The zero-order valence-electron chi connectivity index (χ0n) is 6.50. The van der Waals surface area contributed by atoms with Crippen LogP contribution in [-0.2, 0) is 6.54 Å². The van der Waals surface area contributed by atoms with Gasteiger partial charge in [-0.25, -0.2) is 4.68 Å². The van der Waals surface area contributed by atoms with E-state index < -0.39 is 0 Å². The van der Waals surface area contributed by atoms with Crippen molar-refractivity contribution in [2.45, 2.75) is 13.0 Å². The first-order valence-corrected chi connectivity index (χ1v) is 3.78. The Morgan fingerprint density at radius 3 is 3.45 bits per heavy atom. The van der Waals surface area contributed by atoms with Crippen LogP contribution in [-0.4, -0.2) is 23.4 Å².